The smallest absolute Gasteiger partial charge is 0.326 e. The molecule has 1 fully saturated rings. The van der Waals surface area contributed by atoms with Crippen molar-refractivity contribution in [3.63, 3.8) is 0 Å². The van der Waals surface area contributed by atoms with Crippen molar-refractivity contribution in [1.82, 2.24) is 4.90 Å². The van der Waals surface area contributed by atoms with Crippen LogP contribution < -0.4 is 4.74 Å². The van der Waals surface area contributed by atoms with Crippen molar-refractivity contribution in [2.75, 3.05) is 20.3 Å². The molecule has 2 amide bonds. The van der Waals surface area contributed by atoms with Gasteiger partial charge in [0.25, 0.3) is 0 Å². The molecule has 142 valence electrons. The summed E-state index contributed by atoms with van der Waals surface area (Å²) in [5, 5.41) is 0.263. The van der Waals surface area contributed by atoms with E-state index in [0.717, 1.165) is 4.90 Å². The van der Waals surface area contributed by atoms with Gasteiger partial charge in [0, 0.05) is 5.56 Å². The summed E-state index contributed by atoms with van der Waals surface area (Å²) in [4.78, 5) is 49.7. The summed E-state index contributed by atoms with van der Waals surface area (Å²) < 4.78 is 9.95. The van der Waals surface area contributed by atoms with E-state index in [1.54, 1.807) is 0 Å². The number of hydrogen-bond donors (Lipinski definition) is 0. The minimum Gasteiger partial charge on any atom is -0.495 e. The number of carbonyl (C=O) groups is 4. The molecule has 0 unspecified atom stereocenters. The number of ether oxygens (including phenoxy) is 2. The lowest BCUT2D eigenvalue weighted by molar-refractivity contribution is -0.152. The van der Waals surface area contributed by atoms with Crippen LogP contribution in [0.15, 0.2) is 30.4 Å². The number of nitrogens with zero attached hydrogens (tertiary/aromatic N) is 1. The zero-order chi connectivity index (χ0) is 19.6. The van der Waals surface area contributed by atoms with E-state index in [1.165, 1.54) is 25.3 Å². The molecule has 2 atom stereocenters. The predicted molar refractivity (Wildman–Crippen MR) is 95.4 cm³/mol. The van der Waals surface area contributed by atoms with E-state index in [1.807, 2.05) is 12.2 Å². The fourth-order valence-electron chi connectivity index (χ4n) is 3.27. The summed E-state index contributed by atoms with van der Waals surface area (Å²) in [6.45, 7) is -0.993. The van der Waals surface area contributed by atoms with Crippen molar-refractivity contribution in [3.05, 3.63) is 40.9 Å². The number of amides is 2. The van der Waals surface area contributed by atoms with E-state index in [4.69, 9.17) is 21.1 Å². The quantitative estimate of drug-likeness (QED) is 0.319. The van der Waals surface area contributed by atoms with Crippen LogP contribution >= 0.6 is 11.6 Å². The van der Waals surface area contributed by atoms with E-state index in [9.17, 15) is 19.2 Å². The third kappa shape index (κ3) is 3.88. The van der Waals surface area contributed by atoms with Crippen LogP contribution in [0.2, 0.25) is 5.02 Å². The van der Waals surface area contributed by atoms with E-state index in [0.29, 0.717) is 18.6 Å². The Morgan fingerprint density at radius 2 is 1.78 bits per heavy atom. The molecule has 1 aromatic carbocycles. The molecular formula is C19H18ClNO6. The Hall–Kier alpha value is -2.67. The van der Waals surface area contributed by atoms with Crippen molar-refractivity contribution in [2.45, 2.75) is 12.8 Å². The van der Waals surface area contributed by atoms with Crippen molar-refractivity contribution in [2.24, 2.45) is 11.8 Å². The number of allylic oxidation sites excluding steroid dienone is 2. The van der Waals surface area contributed by atoms with Crippen LogP contribution in [-0.2, 0) is 19.1 Å². The van der Waals surface area contributed by atoms with Gasteiger partial charge in [-0.3, -0.25) is 24.1 Å². The molecule has 0 saturated carbocycles. The van der Waals surface area contributed by atoms with E-state index in [2.05, 4.69) is 0 Å². The number of methoxy groups -OCH3 is 1. The molecule has 0 bridgehead atoms. The van der Waals surface area contributed by atoms with Gasteiger partial charge in [0.2, 0.25) is 11.8 Å². The summed E-state index contributed by atoms with van der Waals surface area (Å²) in [6.07, 6.45) is 4.73. The molecule has 27 heavy (non-hydrogen) atoms. The molecule has 3 rings (SSSR count). The molecule has 0 spiro atoms. The lowest BCUT2D eigenvalue weighted by Gasteiger charge is -2.14. The highest BCUT2D eigenvalue weighted by Gasteiger charge is 2.47. The third-order valence-electron chi connectivity index (χ3n) is 4.72. The lowest BCUT2D eigenvalue weighted by atomic mass is 9.85. The Morgan fingerprint density at radius 3 is 2.33 bits per heavy atom. The monoisotopic (exact) mass is 391 g/mol. The van der Waals surface area contributed by atoms with Crippen LogP contribution in [0.4, 0.5) is 0 Å². The van der Waals surface area contributed by atoms with Crippen LogP contribution in [-0.4, -0.2) is 48.7 Å². The van der Waals surface area contributed by atoms with Gasteiger partial charge in [-0.25, -0.2) is 0 Å². The molecule has 0 N–H and O–H groups in total. The van der Waals surface area contributed by atoms with Gasteiger partial charge in [0.1, 0.15) is 12.3 Å². The lowest BCUT2D eigenvalue weighted by Crippen LogP contribution is -2.37. The number of imide groups is 1. The summed E-state index contributed by atoms with van der Waals surface area (Å²) in [5.41, 5.74) is 0.263. The summed E-state index contributed by atoms with van der Waals surface area (Å²) in [7, 11) is 1.46. The Morgan fingerprint density at radius 1 is 1.15 bits per heavy atom. The predicted octanol–water partition coefficient (Wildman–Crippen LogP) is 2.03. The minimum absolute atomic E-state index is 0.263. The second-order valence-electron chi connectivity index (χ2n) is 6.35. The molecule has 7 nitrogen and oxygen atoms in total. The fourth-order valence-corrected chi connectivity index (χ4v) is 3.53. The highest BCUT2D eigenvalue weighted by molar-refractivity contribution is 6.32. The highest BCUT2D eigenvalue weighted by Crippen LogP contribution is 2.34. The first-order valence-electron chi connectivity index (χ1n) is 8.45. The van der Waals surface area contributed by atoms with E-state index >= 15 is 0 Å². The largest absolute Gasteiger partial charge is 0.495 e. The zero-order valence-corrected chi connectivity index (χ0v) is 15.4. The average Bonchev–Trinajstić information content (AvgIpc) is 2.91. The van der Waals surface area contributed by atoms with E-state index in [-0.39, 0.29) is 22.4 Å². The van der Waals surface area contributed by atoms with Gasteiger partial charge in [-0.2, -0.15) is 0 Å². The number of fused-ring (bicyclic) bond motifs is 1. The maximum absolute atomic E-state index is 12.3. The third-order valence-corrected chi connectivity index (χ3v) is 5.02. The van der Waals surface area contributed by atoms with Crippen LogP contribution in [0.3, 0.4) is 0 Å². The Labute approximate surface area is 160 Å². The maximum atomic E-state index is 12.3. The number of hydrogen-bond acceptors (Lipinski definition) is 6. The molecule has 0 aromatic heterocycles. The van der Waals surface area contributed by atoms with Gasteiger partial charge in [-0.05, 0) is 31.0 Å². The number of esters is 1. The van der Waals surface area contributed by atoms with Crippen LogP contribution in [0.1, 0.15) is 23.2 Å². The van der Waals surface area contributed by atoms with Gasteiger partial charge in [-0.1, -0.05) is 23.8 Å². The number of halogens is 1. The first-order chi connectivity index (χ1) is 12.9. The average molecular weight is 392 g/mol. The molecule has 1 aliphatic heterocycles. The number of carbonyl (C=O) groups excluding carboxylic acids is 4. The van der Waals surface area contributed by atoms with Crippen molar-refractivity contribution in [1.29, 1.82) is 0 Å². The normalized spacial score (nSPS) is 21.2. The highest BCUT2D eigenvalue weighted by atomic mass is 35.5. The Kier molecular flexibility index (Phi) is 5.60. The molecule has 2 aliphatic rings. The molecule has 1 saturated heterocycles. The number of Topliss-reactive ketones (excluding diaryl/α,β-unsaturated/α-hetero) is 1. The number of benzene rings is 1. The second kappa shape index (κ2) is 7.92. The van der Waals surface area contributed by atoms with Crippen LogP contribution in [0.25, 0.3) is 0 Å². The summed E-state index contributed by atoms with van der Waals surface area (Å²) in [6, 6.07) is 4.46. The van der Waals surface area contributed by atoms with Crippen LogP contribution in [0.5, 0.6) is 5.75 Å². The van der Waals surface area contributed by atoms with Crippen LogP contribution in [0, 0.1) is 11.8 Å². The van der Waals surface area contributed by atoms with Gasteiger partial charge in [0.05, 0.1) is 24.0 Å². The maximum Gasteiger partial charge on any atom is 0.326 e. The molecule has 1 aromatic rings. The number of likely N-dealkylation sites (tertiary alicyclic amines) is 1. The van der Waals surface area contributed by atoms with Crippen molar-refractivity contribution < 1.29 is 28.7 Å². The van der Waals surface area contributed by atoms with Gasteiger partial charge in [-0.15, -0.1) is 0 Å². The van der Waals surface area contributed by atoms with Gasteiger partial charge < -0.3 is 9.47 Å². The van der Waals surface area contributed by atoms with Gasteiger partial charge >= 0.3 is 5.97 Å². The molecule has 1 heterocycles. The first kappa shape index (κ1) is 19.1. The standard InChI is InChI=1S/C19H18ClNO6/c1-26-16-7-6-11(8-14(16)20)15(22)10-27-17(23)9-21-18(24)12-4-2-3-5-13(12)19(21)25/h2-3,6-8,12-13H,4-5,9-10H2,1H3/t12-,13+. The Balaban J connectivity index is 1.55. The van der Waals surface area contributed by atoms with E-state index < -0.39 is 36.7 Å². The van der Waals surface area contributed by atoms with Crippen molar-refractivity contribution in [3.8, 4) is 5.75 Å². The zero-order valence-electron chi connectivity index (χ0n) is 14.6. The van der Waals surface area contributed by atoms with Gasteiger partial charge in [0.15, 0.2) is 12.4 Å². The number of ketones is 1. The second-order valence-corrected chi connectivity index (χ2v) is 6.76. The Bertz CT molecular complexity index is 807. The molecule has 8 heteroatoms. The van der Waals surface area contributed by atoms with Crippen molar-refractivity contribution >= 4 is 35.2 Å². The fraction of sp³-hybridized carbons (Fsp3) is 0.368. The topological polar surface area (TPSA) is 90.0 Å². The minimum atomic E-state index is -0.809. The first-order valence-corrected chi connectivity index (χ1v) is 8.82. The molecule has 0 radical (unpaired) electrons. The number of rotatable bonds is 6. The SMILES string of the molecule is COc1ccc(C(=O)COC(=O)CN2C(=O)[C@H]3CC=CC[C@H]3C2=O)cc1Cl. The molecule has 1 aliphatic carbocycles. The molecular weight excluding hydrogens is 374 g/mol. The summed E-state index contributed by atoms with van der Waals surface area (Å²) >= 11 is 5.97. The summed E-state index contributed by atoms with van der Waals surface area (Å²) in [5.74, 6) is -2.37.